The van der Waals surface area contributed by atoms with E-state index in [1.165, 1.54) is 12.1 Å². The first-order valence-corrected chi connectivity index (χ1v) is 5.34. The van der Waals surface area contributed by atoms with Crippen LogP contribution in [-0.2, 0) is 0 Å². The van der Waals surface area contributed by atoms with Crippen molar-refractivity contribution in [1.29, 1.82) is 0 Å². The predicted molar refractivity (Wildman–Crippen MR) is 67.1 cm³/mol. The topological polar surface area (TPSA) is 92.6 Å². The largest absolute Gasteiger partial charge is 0.398 e. The zero-order valence-corrected chi connectivity index (χ0v) is 9.96. The van der Waals surface area contributed by atoms with Crippen molar-refractivity contribution in [2.75, 3.05) is 24.2 Å². The molecule has 0 fully saturated rings. The lowest BCUT2D eigenvalue weighted by Gasteiger charge is -2.20. The molecule has 0 aliphatic carbocycles. The number of hydrogen-bond acceptors (Lipinski definition) is 5. The van der Waals surface area contributed by atoms with E-state index in [-0.39, 0.29) is 5.69 Å². The van der Waals surface area contributed by atoms with Crippen LogP contribution in [0.25, 0.3) is 0 Å². The van der Waals surface area contributed by atoms with Crippen LogP contribution >= 0.6 is 0 Å². The van der Waals surface area contributed by atoms with Crippen LogP contribution in [0, 0.1) is 10.1 Å². The van der Waals surface area contributed by atoms with Crippen molar-refractivity contribution in [3.63, 3.8) is 0 Å². The summed E-state index contributed by atoms with van der Waals surface area (Å²) >= 11 is 0. The van der Waals surface area contributed by atoms with Gasteiger partial charge in [-0.05, 0) is 19.4 Å². The number of nitrogens with zero attached hydrogens (tertiary/aromatic N) is 2. The molecule has 0 heterocycles. The van der Waals surface area contributed by atoms with Gasteiger partial charge in [-0.15, -0.1) is 0 Å². The highest BCUT2D eigenvalue weighted by Crippen LogP contribution is 2.24. The van der Waals surface area contributed by atoms with Crippen molar-refractivity contribution < 1.29 is 10.0 Å². The molecule has 1 rings (SSSR count). The van der Waals surface area contributed by atoms with Crippen LogP contribution in [0.1, 0.15) is 13.3 Å². The Morgan fingerprint density at radius 3 is 2.71 bits per heavy atom. The maximum atomic E-state index is 10.7. The van der Waals surface area contributed by atoms with Crippen LogP contribution in [0.2, 0.25) is 0 Å². The fourth-order valence-corrected chi connectivity index (χ4v) is 1.45. The molecule has 0 spiro atoms. The van der Waals surface area contributed by atoms with Crippen LogP contribution in [0.3, 0.4) is 0 Å². The lowest BCUT2D eigenvalue weighted by Crippen LogP contribution is -2.22. The number of non-ortho nitro benzene ring substituents is 1. The third kappa shape index (κ3) is 3.92. The Morgan fingerprint density at radius 2 is 2.18 bits per heavy atom. The molecule has 3 N–H and O–H groups in total. The molecule has 94 valence electrons. The molecule has 1 aromatic carbocycles. The van der Waals surface area contributed by atoms with Crippen molar-refractivity contribution in [2.24, 2.45) is 0 Å². The van der Waals surface area contributed by atoms with Gasteiger partial charge >= 0.3 is 0 Å². The number of anilines is 2. The summed E-state index contributed by atoms with van der Waals surface area (Å²) in [5, 5.41) is 19.9. The van der Waals surface area contributed by atoms with E-state index < -0.39 is 11.0 Å². The van der Waals surface area contributed by atoms with Gasteiger partial charge in [0.25, 0.3) is 5.69 Å². The van der Waals surface area contributed by atoms with Gasteiger partial charge in [-0.2, -0.15) is 0 Å². The summed E-state index contributed by atoms with van der Waals surface area (Å²) in [5.74, 6) is 0. The molecule has 17 heavy (non-hydrogen) atoms. The number of aliphatic hydroxyl groups excluding tert-OH is 1. The molecule has 0 saturated carbocycles. The zero-order valence-electron chi connectivity index (χ0n) is 9.96. The van der Waals surface area contributed by atoms with Gasteiger partial charge in [0.1, 0.15) is 0 Å². The van der Waals surface area contributed by atoms with Crippen molar-refractivity contribution in [3.05, 3.63) is 28.3 Å². The maximum Gasteiger partial charge on any atom is 0.273 e. The van der Waals surface area contributed by atoms with Crippen molar-refractivity contribution in [2.45, 2.75) is 19.4 Å². The Morgan fingerprint density at radius 1 is 1.53 bits per heavy atom. The smallest absolute Gasteiger partial charge is 0.273 e. The third-order valence-corrected chi connectivity index (χ3v) is 2.46. The molecule has 0 saturated heterocycles. The summed E-state index contributed by atoms with van der Waals surface area (Å²) in [6.45, 7) is 2.31. The van der Waals surface area contributed by atoms with E-state index in [0.717, 1.165) is 0 Å². The number of nitro groups is 1. The minimum atomic E-state index is -0.470. The molecule has 1 aromatic rings. The second kappa shape index (κ2) is 5.49. The fourth-order valence-electron chi connectivity index (χ4n) is 1.45. The molecule has 6 heteroatoms. The molecule has 0 radical (unpaired) electrons. The van der Waals surface area contributed by atoms with E-state index in [2.05, 4.69) is 0 Å². The average molecular weight is 239 g/mol. The van der Waals surface area contributed by atoms with Gasteiger partial charge in [0.05, 0.1) is 11.0 Å². The average Bonchev–Trinajstić information content (AvgIpc) is 2.24. The van der Waals surface area contributed by atoms with Crippen molar-refractivity contribution in [3.8, 4) is 0 Å². The summed E-state index contributed by atoms with van der Waals surface area (Å²) < 4.78 is 0. The predicted octanol–water partition coefficient (Wildman–Crippen LogP) is 1.38. The van der Waals surface area contributed by atoms with Gasteiger partial charge in [0, 0.05) is 37.1 Å². The molecular weight excluding hydrogens is 222 g/mol. The maximum absolute atomic E-state index is 10.7. The van der Waals surface area contributed by atoms with Gasteiger partial charge in [0.2, 0.25) is 0 Å². The molecule has 0 amide bonds. The Bertz CT molecular complexity index is 407. The highest BCUT2D eigenvalue weighted by molar-refractivity contribution is 5.62. The molecule has 1 atom stereocenters. The minimum absolute atomic E-state index is 0.0242. The Kier molecular flexibility index (Phi) is 4.28. The summed E-state index contributed by atoms with van der Waals surface area (Å²) in [6, 6.07) is 4.47. The molecule has 0 aromatic heterocycles. The van der Waals surface area contributed by atoms with Crippen molar-refractivity contribution in [1.82, 2.24) is 0 Å². The SMILES string of the molecule is CC(O)CCN(C)c1cc(N)cc([N+](=O)[O-])c1. The highest BCUT2D eigenvalue weighted by atomic mass is 16.6. The normalized spacial score (nSPS) is 12.2. The van der Waals surface area contributed by atoms with Crippen LogP contribution in [0.15, 0.2) is 18.2 Å². The van der Waals surface area contributed by atoms with Gasteiger partial charge in [-0.1, -0.05) is 0 Å². The molecule has 1 unspecified atom stereocenters. The van der Waals surface area contributed by atoms with Crippen LogP contribution in [-0.4, -0.2) is 29.7 Å². The first kappa shape index (κ1) is 13.2. The Labute approximate surface area is 99.8 Å². The summed E-state index contributed by atoms with van der Waals surface area (Å²) in [4.78, 5) is 12.0. The number of rotatable bonds is 5. The van der Waals surface area contributed by atoms with Crippen molar-refractivity contribution >= 4 is 17.1 Å². The molecule has 0 aliphatic heterocycles. The van der Waals surface area contributed by atoms with E-state index in [0.29, 0.717) is 24.3 Å². The third-order valence-electron chi connectivity index (χ3n) is 2.46. The number of nitrogens with two attached hydrogens (primary N) is 1. The number of benzene rings is 1. The highest BCUT2D eigenvalue weighted by Gasteiger charge is 2.11. The lowest BCUT2D eigenvalue weighted by molar-refractivity contribution is -0.384. The summed E-state index contributed by atoms with van der Waals surface area (Å²) in [7, 11) is 1.81. The standard InChI is InChI=1S/C11H17N3O3/c1-8(15)3-4-13(2)10-5-9(12)6-11(7-10)14(16)17/h5-8,15H,3-4,12H2,1-2H3. The molecule has 0 aliphatic rings. The Hall–Kier alpha value is -1.82. The zero-order chi connectivity index (χ0) is 13.0. The first-order chi connectivity index (χ1) is 7.90. The van der Waals surface area contributed by atoms with Crippen LogP contribution in [0.5, 0.6) is 0 Å². The van der Waals surface area contributed by atoms with Gasteiger partial charge in [0.15, 0.2) is 0 Å². The quantitative estimate of drug-likeness (QED) is 0.460. The van der Waals surface area contributed by atoms with E-state index in [9.17, 15) is 15.2 Å². The lowest BCUT2D eigenvalue weighted by atomic mass is 10.2. The minimum Gasteiger partial charge on any atom is -0.398 e. The molecule has 6 nitrogen and oxygen atoms in total. The molecular formula is C11H17N3O3. The second-order valence-corrected chi connectivity index (χ2v) is 4.10. The number of hydrogen-bond donors (Lipinski definition) is 2. The van der Waals surface area contributed by atoms with E-state index in [1.807, 2.05) is 4.90 Å². The van der Waals surface area contributed by atoms with Gasteiger partial charge in [-0.25, -0.2) is 0 Å². The number of nitrogen functional groups attached to an aromatic ring is 1. The van der Waals surface area contributed by atoms with Gasteiger partial charge in [-0.3, -0.25) is 10.1 Å². The van der Waals surface area contributed by atoms with E-state index in [1.54, 1.807) is 20.0 Å². The van der Waals surface area contributed by atoms with E-state index in [4.69, 9.17) is 5.73 Å². The number of aliphatic hydroxyl groups is 1. The fraction of sp³-hybridized carbons (Fsp3) is 0.455. The van der Waals surface area contributed by atoms with Gasteiger partial charge < -0.3 is 15.7 Å². The second-order valence-electron chi connectivity index (χ2n) is 4.10. The van der Waals surface area contributed by atoms with Crippen LogP contribution in [0.4, 0.5) is 17.1 Å². The monoisotopic (exact) mass is 239 g/mol. The number of nitro benzene ring substituents is 1. The summed E-state index contributed by atoms with van der Waals surface area (Å²) in [5.41, 5.74) is 6.62. The summed E-state index contributed by atoms with van der Waals surface area (Å²) in [6.07, 6.45) is 0.201. The van der Waals surface area contributed by atoms with E-state index >= 15 is 0 Å². The Balaban J connectivity index is 2.86. The van der Waals surface area contributed by atoms with Crippen LogP contribution < -0.4 is 10.6 Å². The first-order valence-electron chi connectivity index (χ1n) is 5.34. The molecule has 0 bridgehead atoms.